The van der Waals surface area contributed by atoms with Gasteiger partial charge in [-0.05, 0) is 6.07 Å². The SMILES string of the molecule is O=C(c1n[nH]c2ccccc12)N1CCn2cnnc2C1. The van der Waals surface area contributed by atoms with Crippen LogP contribution in [0.4, 0.5) is 0 Å². The van der Waals surface area contributed by atoms with Gasteiger partial charge < -0.3 is 9.47 Å². The number of hydrogen-bond acceptors (Lipinski definition) is 4. The van der Waals surface area contributed by atoms with Crippen LogP contribution in [-0.4, -0.2) is 42.3 Å². The molecule has 3 aromatic rings. The van der Waals surface area contributed by atoms with Crippen molar-refractivity contribution < 1.29 is 4.79 Å². The first-order valence-electron chi connectivity index (χ1n) is 6.42. The first kappa shape index (κ1) is 11.2. The summed E-state index contributed by atoms with van der Waals surface area (Å²) < 4.78 is 1.96. The van der Waals surface area contributed by atoms with Crippen LogP contribution in [-0.2, 0) is 13.1 Å². The van der Waals surface area contributed by atoms with E-state index in [1.54, 1.807) is 11.2 Å². The number of nitrogens with one attached hydrogen (secondary N) is 1. The van der Waals surface area contributed by atoms with Crippen molar-refractivity contribution in [3.05, 3.63) is 42.1 Å². The third-order valence-electron chi connectivity index (χ3n) is 3.60. The molecule has 1 aliphatic rings. The van der Waals surface area contributed by atoms with Crippen molar-refractivity contribution in [2.24, 2.45) is 0 Å². The van der Waals surface area contributed by atoms with Gasteiger partial charge in [-0.3, -0.25) is 9.89 Å². The van der Waals surface area contributed by atoms with E-state index in [1.165, 1.54) is 0 Å². The minimum atomic E-state index is -0.0725. The van der Waals surface area contributed by atoms with Crippen molar-refractivity contribution in [2.75, 3.05) is 6.54 Å². The van der Waals surface area contributed by atoms with Gasteiger partial charge >= 0.3 is 0 Å². The Morgan fingerprint density at radius 2 is 2.15 bits per heavy atom. The summed E-state index contributed by atoms with van der Waals surface area (Å²) in [5.74, 6) is 0.737. The number of aromatic amines is 1. The molecule has 0 saturated heterocycles. The average molecular weight is 268 g/mol. The van der Waals surface area contributed by atoms with Crippen molar-refractivity contribution in [3.8, 4) is 0 Å². The summed E-state index contributed by atoms with van der Waals surface area (Å²) in [5, 5.41) is 15.8. The van der Waals surface area contributed by atoms with Gasteiger partial charge in [-0.15, -0.1) is 10.2 Å². The van der Waals surface area contributed by atoms with Crippen molar-refractivity contribution >= 4 is 16.8 Å². The largest absolute Gasteiger partial charge is 0.328 e. The van der Waals surface area contributed by atoms with Crippen LogP contribution in [0.5, 0.6) is 0 Å². The monoisotopic (exact) mass is 268 g/mol. The van der Waals surface area contributed by atoms with E-state index >= 15 is 0 Å². The fourth-order valence-corrected chi connectivity index (χ4v) is 2.52. The number of carbonyl (C=O) groups excluding carboxylic acids is 1. The highest BCUT2D eigenvalue weighted by Gasteiger charge is 2.25. The maximum atomic E-state index is 12.6. The quantitative estimate of drug-likeness (QED) is 0.708. The van der Waals surface area contributed by atoms with Crippen molar-refractivity contribution in [1.29, 1.82) is 0 Å². The van der Waals surface area contributed by atoms with E-state index in [9.17, 15) is 4.79 Å². The second kappa shape index (κ2) is 4.16. The first-order chi connectivity index (χ1) is 9.83. The van der Waals surface area contributed by atoms with Gasteiger partial charge in [0.05, 0.1) is 12.1 Å². The second-order valence-corrected chi connectivity index (χ2v) is 4.79. The second-order valence-electron chi connectivity index (χ2n) is 4.79. The fraction of sp³-hybridized carbons (Fsp3) is 0.231. The number of amides is 1. The van der Waals surface area contributed by atoms with E-state index < -0.39 is 0 Å². The summed E-state index contributed by atoms with van der Waals surface area (Å²) >= 11 is 0. The molecule has 0 saturated carbocycles. The summed E-state index contributed by atoms with van der Waals surface area (Å²) in [5.41, 5.74) is 1.34. The average Bonchev–Trinajstić information content (AvgIpc) is 3.12. The van der Waals surface area contributed by atoms with E-state index in [2.05, 4.69) is 20.4 Å². The number of rotatable bonds is 1. The highest BCUT2D eigenvalue weighted by molar-refractivity contribution is 6.04. The number of fused-ring (bicyclic) bond motifs is 2. The Morgan fingerprint density at radius 1 is 1.25 bits per heavy atom. The molecular weight excluding hydrogens is 256 g/mol. The Labute approximate surface area is 114 Å². The van der Waals surface area contributed by atoms with Crippen molar-refractivity contribution in [1.82, 2.24) is 29.9 Å². The van der Waals surface area contributed by atoms with Crippen molar-refractivity contribution in [3.63, 3.8) is 0 Å². The van der Waals surface area contributed by atoms with Crippen LogP contribution < -0.4 is 0 Å². The maximum Gasteiger partial charge on any atom is 0.275 e. The van der Waals surface area contributed by atoms with Crippen LogP contribution in [0.25, 0.3) is 10.9 Å². The van der Waals surface area contributed by atoms with Gasteiger partial charge in [0.2, 0.25) is 0 Å². The van der Waals surface area contributed by atoms with E-state index in [0.717, 1.165) is 23.3 Å². The van der Waals surface area contributed by atoms with Crippen molar-refractivity contribution in [2.45, 2.75) is 13.1 Å². The molecule has 2 aromatic heterocycles. The number of nitrogens with zero attached hydrogens (tertiary/aromatic N) is 5. The highest BCUT2D eigenvalue weighted by atomic mass is 16.2. The molecule has 1 amide bonds. The molecule has 0 unspecified atom stereocenters. The van der Waals surface area contributed by atoms with E-state index in [4.69, 9.17) is 0 Å². The summed E-state index contributed by atoms with van der Waals surface area (Å²) in [6.07, 6.45) is 1.70. The molecule has 4 rings (SSSR count). The number of hydrogen-bond donors (Lipinski definition) is 1. The summed E-state index contributed by atoms with van der Waals surface area (Å²) in [6.45, 7) is 1.83. The Morgan fingerprint density at radius 3 is 3.10 bits per heavy atom. The van der Waals surface area contributed by atoms with Gasteiger partial charge in [-0.25, -0.2) is 0 Å². The predicted octanol–water partition coefficient (Wildman–Crippen LogP) is 0.810. The molecule has 0 spiro atoms. The van der Waals surface area contributed by atoms with Crippen LogP contribution in [0.3, 0.4) is 0 Å². The Kier molecular flexibility index (Phi) is 2.32. The number of para-hydroxylation sites is 1. The lowest BCUT2D eigenvalue weighted by Gasteiger charge is -2.26. The lowest BCUT2D eigenvalue weighted by Crippen LogP contribution is -2.38. The number of H-pyrrole nitrogens is 1. The smallest absolute Gasteiger partial charge is 0.275 e. The van der Waals surface area contributed by atoms with Gasteiger partial charge in [-0.1, -0.05) is 18.2 Å². The van der Waals surface area contributed by atoms with Crippen LogP contribution >= 0.6 is 0 Å². The topological polar surface area (TPSA) is 79.7 Å². The molecule has 0 aliphatic carbocycles. The molecule has 7 heteroatoms. The lowest BCUT2D eigenvalue weighted by molar-refractivity contribution is 0.0703. The number of aromatic nitrogens is 5. The van der Waals surface area contributed by atoms with Gasteiger partial charge in [0.1, 0.15) is 6.33 Å². The fourth-order valence-electron chi connectivity index (χ4n) is 2.52. The van der Waals surface area contributed by atoms with Crippen LogP contribution in [0.15, 0.2) is 30.6 Å². The highest BCUT2D eigenvalue weighted by Crippen LogP contribution is 2.19. The maximum absolute atomic E-state index is 12.6. The Hall–Kier alpha value is -2.70. The molecular formula is C13H12N6O. The lowest BCUT2D eigenvalue weighted by atomic mass is 10.2. The van der Waals surface area contributed by atoms with Crippen LogP contribution in [0.2, 0.25) is 0 Å². The van der Waals surface area contributed by atoms with E-state index in [-0.39, 0.29) is 5.91 Å². The van der Waals surface area contributed by atoms with Crippen LogP contribution in [0.1, 0.15) is 16.3 Å². The van der Waals surface area contributed by atoms with Crippen LogP contribution in [0, 0.1) is 0 Å². The minimum Gasteiger partial charge on any atom is -0.328 e. The molecule has 3 heterocycles. The predicted molar refractivity (Wildman–Crippen MR) is 70.9 cm³/mol. The molecule has 0 fully saturated rings. The molecule has 0 bridgehead atoms. The minimum absolute atomic E-state index is 0.0725. The zero-order chi connectivity index (χ0) is 13.5. The van der Waals surface area contributed by atoms with Gasteiger partial charge in [0, 0.05) is 18.5 Å². The third-order valence-corrected chi connectivity index (χ3v) is 3.60. The normalized spacial score (nSPS) is 14.5. The summed E-state index contributed by atoms with van der Waals surface area (Å²) in [6, 6.07) is 7.63. The van der Waals surface area contributed by atoms with Gasteiger partial charge in [-0.2, -0.15) is 5.10 Å². The molecule has 1 aromatic carbocycles. The zero-order valence-corrected chi connectivity index (χ0v) is 10.7. The van der Waals surface area contributed by atoms with Gasteiger partial charge in [0.25, 0.3) is 5.91 Å². The molecule has 1 N–H and O–H groups in total. The molecule has 0 radical (unpaired) electrons. The third kappa shape index (κ3) is 1.59. The summed E-state index contributed by atoms with van der Waals surface area (Å²) in [7, 11) is 0. The standard InChI is InChI=1S/C13H12N6O/c20-13(12-9-3-1-2-4-10(9)15-17-12)18-5-6-19-8-14-16-11(19)7-18/h1-4,8H,5-7H2,(H,15,17). The van der Waals surface area contributed by atoms with Gasteiger partial charge in [0.15, 0.2) is 11.5 Å². The molecule has 0 atom stereocenters. The zero-order valence-electron chi connectivity index (χ0n) is 10.7. The number of benzene rings is 1. The molecule has 20 heavy (non-hydrogen) atoms. The van der Waals surface area contributed by atoms with E-state index in [1.807, 2.05) is 28.8 Å². The van der Waals surface area contributed by atoms with E-state index in [0.29, 0.717) is 18.8 Å². The summed E-state index contributed by atoms with van der Waals surface area (Å²) in [4.78, 5) is 14.3. The molecule has 1 aliphatic heterocycles. The molecule has 100 valence electrons. The molecule has 7 nitrogen and oxygen atoms in total. The Bertz CT molecular complexity index is 789. The first-order valence-corrected chi connectivity index (χ1v) is 6.42. The number of carbonyl (C=O) groups is 1. The Balaban J connectivity index is 1.68.